The van der Waals surface area contributed by atoms with E-state index in [0.717, 1.165) is 44.8 Å². The lowest BCUT2D eigenvalue weighted by Crippen LogP contribution is -2.57. The molecule has 0 aromatic heterocycles. The first-order valence-electron chi connectivity index (χ1n) is 13.5. The van der Waals surface area contributed by atoms with Crippen LogP contribution in [-0.2, 0) is 14.3 Å². The van der Waals surface area contributed by atoms with Crippen LogP contribution in [0.3, 0.4) is 0 Å². The first kappa shape index (κ1) is 26.6. The van der Waals surface area contributed by atoms with Crippen molar-refractivity contribution in [3.05, 3.63) is 29.8 Å². The molecule has 0 bridgehead atoms. The molecule has 0 saturated carbocycles. The van der Waals surface area contributed by atoms with Gasteiger partial charge in [-0.3, -0.25) is 14.4 Å². The predicted molar refractivity (Wildman–Crippen MR) is 140 cm³/mol. The fraction of sp³-hybridized carbons (Fsp3) is 0.679. The van der Waals surface area contributed by atoms with Crippen LogP contribution in [0.1, 0.15) is 57.8 Å². The minimum absolute atomic E-state index is 0.0426. The Labute approximate surface area is 215 Å². The van der Waals surface area contributed by atoms with Gasteiger partial charge in [0.2, 0.25) is 5.91 Å². The molecule has 1 unspecified atom stereocenters. The standard InChI is InChI=1S/C28H42N4O4/c1-6-19-17-32(23-22(33)18-36-24(19)23)27(35)25(28(4,5)7-2)29-26(34)20-9-11-21(12-10-20)31-15-13-30(8-3)14-16-31/h9-12,19,23-25H,6-8,13-18H2,1-5H3,(H,29,34)/t19-,23-,24-,25?/m1/s1. The number of ether oxygens (including phenoxy) is 1. The van der Waals surface area contributed by atoms with Crippen molar-refractivity contribution in [2.45, 2.75) is 65.6 Å². The second kappa shape index (κ2) is 10.9. The Balaban J connectivity index is 1.48. The molecule has 198 valence electrons. The molecule has 3 aliphatic rings. The van der Waals surface area contributed by atoms with Crippen LogP contribution in [0, 0.1) is 11.3 Å². The van der Waals surface area contributed by atoms with Crippen molar-refractivity contribution in [1.82, 2.24) is 15.1 Å². The van der Waals surface area contributed by atoms with Crippen molar-refractivity contribution in [1.29, 1.82) is 0 Å². The maximum atomic E-state index is 13.9. The van der Waals surface area contributed by atoms with Gasteiger partial charge in [-0.25, -0.2) is 0 Å². The molecule has 3 fully saturated rings. The van der Waals surface area contributed by atoms with Crippen LogP contribution in [0.5, 0.6) is 0 Å². The van der Waals surface area contributed by atoms with Gasteiger partial charge in [-0.15, -0.1) is 0 Å². The summed E-state index contributed by atoms with van der Waals surface area (Å²) in [6, 6.07) is 6.38. The molecule has 2 amide bonds. The summed E-state index contributed by atoms with van der Waals surface area (Å²) in [5.74, 6) is -0.364. The zero-order valence-corrected chi connectivity index (χ0v) is 22.5. The molecule has 4 rings (SSSR count). The highest BCUT2D eigenvalue weighted by molar-refractivity contribution is 5.99. The molecule has 0 radical (unpaired) electrons. The molecule has 8 heteroatoms. The number of piperazine rings is 1. The predicted octanol–water partition coefficient (Wildman–Crippen LogP) is 2.57. The number of rotatable bonds is 8. The summed E-state index contributed by atoms with van der Waals surface area (Å²) in [4.78, 5) is 46.3. The second-order valence-corrected chi connectivity index (χ2v) is 11.1. The molecule has 8 nitrogen and oxygen atoms in total. The van der Waals surface area contributed by atoms with E-state index < -0.39 is 17.5 Å². The van der Waals surface area contributed by atoms with E-state index in [0.29, 0.717) is 18.5 Å². The molecular formula is C28H42N4O4. The topological polar surface area (TPSA) is 82.2 Å². The average Bonchev–Trinajstić information content (AvgIpc) is 3.47. The third-order valence-corrected chi connectivity index (χ3v) is 8.63. The summed E-state index contributed by atoms with van der Waals surface area (Å²) in [5, 5.41) is 3.04. The van der Waals surface area contributed by atoms with Crippen LogP contribution < -0.4 is 10.2 Å². The molecule has 0 spiro atoms. The zero-order chi connectivity index (χ0) is 26.0. The van der Waals surface area contributed by atoms with Gasteiger partial charge in [0, 0.05) is 49.9 Å². The van der Waals surface area contributed by atoms with Gasteiger partial charge in [0.15, 0.2) is 5.78 Å². The smallest absolute Gasteiger partial charge is 0.251 e. The van der Waals surface area contributed by atoms with E-state index in [4.69, 9.17) is 4.74 Å². The molecule has 0 aliphatic carbocycles. The lowest BCUT2D eigenvalue weighted by molar-refractivity contribution is -0.140. The number of hydrogen-bond acceptors (Lipinski definition) is 6. The fourth-order valence-electron chi connectivity index (χ4n) is 5.66. The molecule has 4 atom stereocenters. The van der Waals surface area contributed by atoms with E-state index in [9.17, 15) is 14.4 Å². The van der Waals surface area contributed by atoms with Gasteiger partial charge in [-0.1, -0.05) is 34.6 Å². The first-order chi connectivity index (χ1) is 17.2. The molecule has 3 saturated heterocycles. The van der Waals surface area contributed by atoms with E-state index >= 15 is 0 Å². The summed E-state index contributed by atoms with van der Waals surface area (Å²) >= 11 is 0. The highest BCUT2D eigenvalue weighted by atomic mass is 16.5. The molecule has 3 heterocycles. The lowest BCUT2D eigenvalue weighted by atomic mass is 9.80. The van der Waals surface area contributed by atoms with Gasteiger partial charge in [0.1, 0.15) is 18.7 Å². The second-order valence-electron chi connectivity index (χ2n) is 11.1. The number of carbonyl (C=O) groups excluding carboxylic acids is 3. The third-order valence-electron chi connectivity index (χ3n) is 8.63. The van der Waals surface area contributed by atoms with Crippen molar-refractivity contribution < 1.29 is 19.1 Å². The number of ketones is 1. The van der Waals surface area contributed by atoms with E-state index in [1.807, 2.05) is 45.0 Å². The Kier molecular flexibility index (Phi) is 8.05. The number of fused-ring (bicyclic) bond motifs is 1. The Morgan fingerprint density at radius 2 is 1.75 bits per heavy atom. The van der Waals surface area contributed by atoms with Gasteiger partial charge in [0.25, 0.3) is 5.91 Å². The summed E-state index contributed by atoms with van der Waals surface area (Å²) in [6.07, 6.45) is 1.31. The molecule has 3 aliphatic heterocycles. The first-order valence-corrected chi connectivity index (χ1v) is 13.5. The number of carbonyl (C=O) groups is 3. The molecule has 36 heavy (non-hydrogen) atoms. The number of benzene rings is 1. The monoisotopic (exact) mass is 498 g/mol. The van der Waals surface area contributed by atoms with Crippen molar-refractivity contribution in [2.24, 2.45) is 11.3 Å². The number of Topliss-reactive ketones (excluding diaryl/α,β-unsaturated/α-hetero) is 1. The average molecular weight is 499 g/mol. The Hall–Kier alpha value is -2.45. The summed E-state index contributed by atoms with van der Waals surface area (Å²) in [5.41, 5.74) is 1.16. The Bertz CT molecular complexity index is 955. The third kappa shape index (κ3) is 5.16. The maximum absolute atomic E-state index is 13.9. The minimum Gasteiger partial charge on any atom is -0.369 e. The van der Waals surface area contributed by atoms with Crippen LogP contribution in [0.4, 0.5) is 5.69 Å². The summed E-state index contributed by atoms with van der Waals surface area (Å²) in [6.45, 7) is 15.9. The van der Waals surface area contributed by atoms with Gasteiger partial charge in [-0.2, -0.15) is 0 Å². The van der Waals surface area contributed by atoms with Gasteiger partial charge in [-0.05, 0) is 49.1 Å². The number of likely N-dealkylation sites (tertiary alicyclic amines) is 1. The van der Waals surface area contributed by atoms with Gasteiger partial charge < -0.3 is 24.8 Å². The molecule has 1 N–H and O–H groups in total. The Morgan fingerprint density at radius 3 is 2.33 bits per heavy atom. The minimum atomic E-state index is -0.735. The molecule has 1 aromatic rings. The largest absolute Gasteiger partial charge is 0.369 e. The fourth-order valence-corrected chi connectivity index (χ4v) is 5.66. The number of anilines is 1. The zero-order valence-electron chi connectivity index (χ0n) is 22.5. The van der Waals surface area contributed by atoms with Crippen LogP contribution in [0.25, 0.3) is 0 Å². The molecule has 1 aromatic carbocycles. The Morgan fingerprint density at radius 1 is 1.08 bits per heavy atom. The van der Waals surface area contributed by atoms with Crippen LogP contribution >= 0.6 is 0 Å². The maximum Gasteiger partial charge on any atom is 0.251 e. The van der Waals surface area contributed by atoms with E-state index in [2.05, 4.69) is 29.0 Å². The van der Waals surface area contributed by atoms with Crippen molar-refractivity contribution in [3.63, 3.8) is 0 Å². The lowest BCUT2D eigenvalue weighted by Gasteiger charge is -2.37. The van der Waals surface area contributed by atoms with E-state index in [-0.39, 0.29) is 36.2 Å². The van der Waals surface area contributed by atoms with Gasteiger partial charge >= 0.3 is 0 Å². The van der Waals surface area contributed by atoms with Crippen LogP contribution in [0.2, 0.25) is 0 Å². The van der Waals surface area contributed by atoms with E-state index in [1.165, 1.54) is 0 Å². The quantitative estimate of drug-likeness (QED) is 0.593. The highest BCUT2D eigenvalue weighted by Gasteiger charge is 2.53. The molecular weight excluding hydrogens is 456 g/mol. The summed E-state index contributed by atoms with van der Waals surface area (Å²) in [7, 11) is 0. The van der Waals surface area contributed by atoms with Crippen molar-refractivity contribution in [2.75, 3.05) is 50.8 Å². The van der Waals surface area contributed by atoms with Crippen LogP contribution in [0.15, 0.2) is 24.3 Å². The highest BCUT2D eigenvalue weighted by Crippen LogP contribution is 2.36. The number of nitrogens with zero attached hydrogens (tertiary/aromatic N) is 3. The van der Waals surface area contributed by atoms with Crippen LogP contribution in [-0.4, -0.2) is 91.5 Å². The number of amides is 2. The number of likely N-dealkylation sites (N-methyl/N-ethyl adjacent to an activating group) is 1. The van der Waals surface area contributed by atoms with Crippen molar-refractivity contribution >= 4 is 23.3 Å². The SMILES string of the molecule is CC[C@@H]1CN(C(=O)C(NC(=O)c2ccc(N3CCN(CC)CC3)cc2)C(C)(C)CC)[C@@H]2C(=O)CO[C@H]12. The normalized spacial score (nSPS) is 25.7. The van der Waals surface area contributed by atoms with Crippen molar-refractivity contribution in [3.8, 4) is 0 Å². The number of nitrogens with one attached hydrogen (secondary N) is 1. The van der Waals surface area contributed by atoms with Gasteiger partial charge in [0.05, 0.1) is 6.10 Å². The number of hydrogen-bond donors (Lipinski definition) is 1. The summed E-state index contributed by atoms with van der Waals surface area (Å²) < 4.78 is 5.75. The van der Waals surface area contributed by atoms with E-state index in [1.54, 1.807) is 4.90 Å².